The minimum absolute atomic E-state index is 0.168. The Bertz CT molecular complexity index is 822. The number of halogens is 2. The molecule has 2 fully saturated rings. The van der Waals surface area contributed by atoms with Gasteiger partial charge in [-0.15, -0.1) is 0 Å². The summed E-state index contributed by atoms with van der Waals surface area (Å²) in [7, 11) is 0. The highest BCUT2D eigenvalue weighted by atomic mass is 19.1. The van der Waals surface area contributed by atoms with E-state index in [9.17, 15) is 13.6 Å². The molecule has 1 radical (unpaired) electrons. The van der Waals surface area contributed by atoms with Gasteiger partial charge in [-0.2, -0.15) is 0 Å². The van der Waals surface area contributed by atoms with Crippen molar-refractivity contribution in [1.82, 2.24) is 4.90 Å². The zero-order valence-electron chi connectivity index (χ0n) is 16.5. The summed E-state index contributed by atoms with van der Waals surface area (Å²) in [5.41, 5.74) is 1.50. The van der Waals surface area contributed by atoms with Gasteiger partial charge >= 0.3 is 0 Å². The van der Waals surface area contributed by atoms with E-state index in [0.29, 0.717) is 18.4 Å². The van der Waals surface area contributed by atoms with Gasteiger partial charge < -0.3 is 5.32 Å². The maximum atomic E-state index is 13.5. The number of likely N-dealkylation sites (tertiary alicyclic amines) is 1. The maximum absolute atomic E-state index is 13.5. The summed E-state index contributed by atoms with van der Waals surface area (Å²) in [6.07, 6.45) is 8.31. The predicted octanol–water partition coefficient (Wildman–Crippen LogP) is 5.30. The van der Waals surface area contributed by atoms with Crippen molar-refractivity contribution in [1.29, 1.82) is 0 Å². The third-order valence-electron chi connectivity index (χ3n) is 6.20. The second kappa shape index (κ2) is 9.04. The molecule has 3 atom stereocenters. The minimum atomic E-state index is -0.691. The molecule has 3 nitrogen and oxygen atoms in total. The Morgan fingerprint density at radius 2 is 1.72 bits per heavy atom. The van der Waals surface area contributed by atoms with Crippen LogP contribution in [0.1, 0.15) is 50.0 Å². The van der Waals surface area contributed by atoms with Gasteiger partial charge in [-0.25, -0.2) is 8.78 Å². The van der Waals surface area contributed by atoms with Gasteiger partial charge in [0.2, 0.25) is 5.91 Å². The predicted molar refractivity (Wildman–Crippen MR) is 110 cm³/mol. The monoisotopic (exact) mass is 397 g/mol. The number of benzene rings is 2. The molecule has 5 heteroatoms. The van der Waals surface area contributed by atoms with E-state index in [1.54, 1.807) is 0 Å². The normalized spacial score (nSPS) is 25.5. The number of anilines is 1. The Morgan fingerprint density at radius 3 is 2.48 bits per heavy atom. The van der Waals surface area contributed by atoms with E-state index in [0.717, 1.165) is 50.4 Å². The molecule has 2 aromatic carbocycles. The first-order valence-electron chi connectivity index (χ1n) is 10.5. The van der Waals surface area contributed by atoms with Crippen LogP contribution in [-0.2, 0) is 4.79 Å². The van der Waals surface area contributed by atoms with E-state index < -0.39 is 11.6 Å². The molecule has 2 aromatic rings. The van der Waals surface area contributed by atoms with Crippen LogP contribution >= 0.6 is 0 Å². The van der Waals surface area contributed by atoms with E-state index in [2.05, 4.69) is 40.9 Å². The smallest absolute Gasteiger partial charge is 0.241 e. The quantitative estimate of drug-likeness (QED) is 0.759. The van der Waals surface area contributed by atoms with Crippen LogP contribution in [0.4, 0.5) is 14.5 Å². The number of carbonyl (C=O) groups is 1. The molecule has 1 N–H and O–H groups in total. The third-order valence-corrected chi connectivity index (χ3v) is 6.20. The first-order valence-corrected chi connectivity index (χ1v) is 10.5. The standard InChI is InChI=1S/C24H27F2N2O/c25-18-14-19(26)16-20(15-18)27-24(29)23-12-6-7-13-28(23)22-11-5-4-10-21(22)17-8-2-1-3-9-17/h1-3,6,8-9,14-16,21-23H,4-5,7,10-13H2,(H,27,29)/t21-,22-,23?/m1/s1. The number of nitrogens with zero attached hydrogens (tertiary/aromatic N) is 1. The molecule has 1 saturated heterocycles. The average molecular weight is 397 g/mol. The fraction of sp³-hybridized carbons (Fsp3) is 0.417. The molecule has 1 unspecified atom stereocenters. The highest BCUT2D eigenvalue weighted by molar-refractivity contribution is 5.95. The van der Waals surface area contributed by atoms with Gasteiger partial charge in [0.25, 0.3) is 0 Å². The summed E-state index contributed by atoms with van der Waals surface area (Å²) in [6.45, 7) is 0.837. The average Bonchev–Trinajstić information content (AvgIpc) is 2.73. The molecule has 1 aliphatic heterocycles. The summed E-state index contributed by atoms with van der Waals surface area (Å²) >= 11 is 0. The van der Waals surface area contributed by atoms with Crippen molar-refractivity contribution in [2.24, 2.45) is 0 Å². The second-order valence-corrected chi connectivity index (χ2v) is 8.08. The summed E-state index contributed by atoms with van der Waals surface area (Å²) in [4.78, 5) is 15.4. The summed E-state index contributed by atoms with van der Waals surface area (Å²) in [5.74, 6) is -1.17. The Hall–Kier alpha value is -2.27. The van der Waals surface area contributed by atoms with Crippen molar-refractivity contribution in [2.45, 2.75) is 56.5 Å². The summed E-state index contributed by atoms with van der Waals surface area (Å²) in [5, 5.41) is 2.74. The number of carbonyl (C=O) groups excluding carboxylic acids is 1. The Morgan fingerprint density at radius 1 is 1.00 bits per heavy atom. The molecule has 1 amide bonds. The lowest BCUT2D eigenvalue weighted by Gasteiger charge is -2.45. The lowest BCUT2D eigenvalue weighted by atomic mass is 9.78. The molecule has 29 heavy (non-hydrogen) atoms. The number of hydrogen-bond acceptors (Lipinski definition) is 2. The fourth-order valence-corrected chi connectivity index (χ4v) is 4.91. The SMILES string of the molecule is O=C(Nc1cc(F)cc(F)c1)C1C[CH]CCN1[C@@H]1CCCC[C@@H]1c1ccccc1. The number of amides is 1. The van der Waals surface area contributed by atoms with Gasteiger partial charge in [0.15, 0.2) is 0 Å². The molecular formula is C24H27F2N2O. The molecule has 4 rings (SSSR count). The van der Waals surface area contributed by atoms with Gasteiger partial charge in [0.05, 0.1) is 6.04 Å². The largest absolute Gasteiger partial charge is 0.325 e. The van der Waals surface area contributed by atoms with Crippen molar-refractivity contribution >= 4 is 11.6 Å². The zero-order valence-corrected chi connectivity index (χ0v) is 16.5. The summed E-state index contributed by atoms with van der Waals surface area (Å²) < 4.78 is 27.0. The van der Waals surface area contributed by atoms with Crippen molar-refractivity contribution in [3.05, 3.63) is 72.1 Å². The zero-order chi connectivity index (χ0) is 20.2. The topological polar surface area (TPSA) is 32.3 Å². The molecule has 0 spiro atoms. The maximum Gasteiger partial charge on any atom is 0.241 e. The summed E-state index contributed by atoms with van der Waals surface area (Å²) in [6, 6.07) is 13.7. The van der Waals surface area contributed by atoms with E-state index in [-0.39, 0.29) is 17.6 Å². The fourth-order valence-electron chi connectivity index (χ4n) is 4.91. The van der Waals surface area contributed by atoms with E-state index in [1.165, 1.54) is 12.0 Å². The lowest BCUT2D eigenvalue weighted by molar-refractivity contribution is -0.123. The van der Waals surface area contributed by atoms with Crippen LogP contribution in [-0.4, -0.2) is 29.4 Å². The van der Waals surface area contributed by atoms with Gasteiger partial charge in [-0.1, -0.05) is 43.2 Å². The molecule has 1 aliphatic carbocycles. The molecule has 0 bridgehead atoms. The Balaban J connectivity index is 1.55. The molecule has 153 valence electrons. The van der Waals surface area contributed by atoms with Crippen LogP contribution in [0, 0.1) is 18.1 Å². The van der Waals surface area contributed by atoms with Crippen molar-refractivity contribution < 1.29 is 13.6 Å². The van der Waals surface area contributed by atoms with E-state index >= 15 is 0 Å². The van der Waals surface area contributed by atoms with Crippen LogP contribution in [0.2, 0.25) is 0 Å². The molecule has 0 aromatic heterocycles. The number of hydrogen-bond donors (Lipinski definition) is 1. The molecular weight excluding hydrogens is 370 g/mol. The van der Waals surface area contributed by atoms with Crippen LogP contribution < -0.4 is 5.32 Å². The van der Waals surface area contributed by atoms with Gasteiger partial charge in [-0.05, 0) is 62.3 Å². The van der Waals surface area contributed by atoms with Crippen LogP contribution in [0.3, 0.4) is 0 Å². The van der Waals surface area contributed by atoms with Crippen molar-refractivity contribution in [3.8, 4) is 0 Å². The molecule has 1 heterocycles. The minimum Gasteiger partial charge on any atom is -0.325 e. The Kier molecular flexibility index (Phi) is 6.24. The van der Waals surface area contributed by atoms with Gasteiger partial charge in [-0.3, -0.25) is 9.69 Å². The lowest BCUT2D eigenvalue weighted by Crippen LogP contribution is -2.54. The van der Waals surface area contributed by atoms with Crippen LogP contribution in [0.5, 0.6) is 0 Å². The van der Waals surface area contributed by atoms with E-state index in [1.807, 2.05) is 6.07 Å². The number of rotatable bonds is 4. The van der Waals surface area contributed by atoms with Gasteiger partial charge in [0, 0.05) is 17.8 Å². The van der Waals surface area contributed by atoms with Crippen LogP contribution in [0.25, 0.3) is 0 Å². The number of nitrogens with one attached hydrogen (secondary N) is 1. The van der Waals surface area contributed by atoms with Gasteiger partial charge in [0.1, 0.15) is 11.6 Å². The second-order valence-electron chi connectivity index (χ2n) is 8.08. The highest BCUT2D eigenvalue weighted by Crippen LogP contribution is 2.38. The third kappa shape index (κ3) is 4.67. The van der Waals surface area contributed by atoms with E-state index in [4.69, 9.17) is 0 Å². The van der Waals surface area contributed by atoms with Crippen molar-refractivity contribution in [3.63, 3.8) is 0 Å². The van der Waals surface area contributed by atoms with Crippen LogP contribution in [0.15, 0.2) is 48.5 Å². The molecule has 1 saturated carbocycles. The van der Waals surface area contributed by atoms with Crippen molar-refractivity contribution in [2.75, 3.05) is 11.9 Å². The number of piperidine rings is 1. The molecule has 2 aliphatic rings. The Labute approximate surface area is 171 Å². The first-order chi connectivity index (χ1) is 14.1. The highest BCUT2D eigenvalue weighted by Gasteiger charge is 2.38. The first kappa shape index (κ1) is 20.0.